The molecule has 0 fully saturated rings. The number of benzene rings is 4. The van der Waals surface area contributed by atoms with Crippen molar-refractivity contribution in [1.29, 1.82) is 0 Å². The summed E-state index contributed by atoms with van der Waals surface area (Å²) in [4.78, 5) is 79.0. The predicted octanol–water partition coefficient (Wildman–Crippen LogP) is 8.94. The Hall–Kier alpha value is -7.86. The molecule has 310 valence electrons. The molecule has 1 aliphatic carbocycles. The monoisotopic (exact) mass is 822 g/mol. The van der Waals surface area contributed by atoms with Gasteiger partial charge < -0.3 is 28.4 Å². The molecule has 0 heterocycles. The van der Waals surface area contributed by atoms with Crippen LogP contribution in [0.5, 0.6) is 34.5 Å². The first-order chi connectivity index (χ1) is 29.4. The first kappa shape index (κ1) is 44.2. The molecule has 61 heavy (non-hydrogen) atoms. The van der Waals surface area contributed by atoms with Crippen LogP contribution in [0.15, 0.2) is 146 Å². The van der Waals surface area contributed by atoms with Gasteiger partial charge in [0.1, 0.15) is 0 Å². The molecular formula is C49H42O12. The molecule has 12 heteroatoms. The number of rotatable bonds is 14. The lowest BCUT2D eigenvalue weighted by molar-refractivity contribution is -0.132. The van der Waals surface area contributed by atoms with Gasteiger partial charge in [0.05, 0.1) is 5.41 Å². The second kappa shape index (κ2) is 20.2. The Kier molecular flexibility index (Phi) is 14.7. The lowest BCUT2D eigenvalue weighted by Gasteiger charge is -2.35. The third-order valence-corrected chi connectivity index (χ3v) is 8.92. The van der Waals surface area contributed by atoms with E-state index in [1.165, 1.54) is 60.7 Å². The zero-order valence-corrected chi connectivity index (χ0v) is 34.3. The Morgan fingerprint density at radius 2 is 0.623 bits per heavy atom. The highest BCUT2D eigenvalue weighted by molar-refractivity contribution is 5.93. The minimum Gasteiger partial charge on any atom is -0.419 e. The standard InChI is InChI=1S/C49H42O12/c1-7-17-41(50)56-37-27-31(28-38(57-42(51)18-8-2)47(37)60-45(54)21-11-5)49(35-25-15-13-23-33(35)34-24-14-16-26-36(34)49)32-29-39(58-43(52)19-9-3)48(61-46(55)22-12-6)40(30-32)59-44(53)20-10-4/h7-30H,1-6H3. The average molecular weight is 823 g/mol. The number of allylic oxidation sites excluding steroid dienone is 6. The fourth-order valence-corrected chi connectivity index (χ4v) is 6.77. The lowest BCUT2D eigenvalue weighted by Crippen LogP contribution is -2.29. The summed E-state index contributed by atoms with van der Waals surface area (Å²) < 4.78 is 34.8. The summed E-state index contributed by atoms with van der Waals surface area (Å²) in [6.45, 7) is 9.64. The maximum absolute atomic E-state index is 13.2. The van der Waals surface area contributed by atoms with Crippen LogP contribution in [0.4, 0.5) is 0 Å². The van der Waals surface area contributed by atoms with Crippen molar-refractivity contribution in [2.24, 2.45) is 0 Å². The summed E-state index contributed by atoms with van der Waals surface area (Å²) >= 11 is 0. The van der Waals surface area contributed by atoms with Crippen LogP contribution in [0, 0.1) is 0 Å². The molecule has 5 rings (SSSR count). The Labute approximate surface area is 352 Å². The first-order valence-corrected chi connectivity index (χ1v) is 19.1. The second-order valence-electron chi connectivity index (χ2n) is 13.0. The van der Waals surface area contributed by atoms with Crippen LogP contribution in [0.1, 0.15) is 63.8 Å². The predicted molar refractivity (Wildman–Crippen MR) is 226 cm³/mol. The molecule has 1 aliphatic rings. The van der Waals surface area contributed by atoms with Gasteiger partial charge in [-0.3, -0.25) is 0 Å². The van der Waals surface area contributed by atoms with Gasteiger partial charge in [-0.1, -0.05) is 85.0 Å². The summed E-state index contributed by atoms with van der Waals surface area (Å²) in [7, 11) is 0. The van der Waals surface area contributed by atoms with E-state index in [0.717, 1.165) is 47.6 Å². The van der Waals surface area contributed by atoms with Gasteiger partial charge in [-0.25, -0.2) is 28.8 Å². The molecule has 0 atom stereocenters. The highest BCUT2D eigenvalue weighted by Gasteiger charge is 2.48. The van der Waals surface area contributed by atoms with E-state index in [-0.39, 0.29) is 45.6 Å². The summed E-state index contributed by atoms with van der Waals surface area (Å²) in [5.74, 6) is -7.12. The Bertz CT molecular complexity index is 2290. The largest absolute Gasteiger partial charge is 0.419 e. The van der Waals surface area contributed by atoms with Crippen molar-refractivity contribution < 1.29 is 57.2 Å². The minimum atomic E-state index is -1.54. The molecule has 0 spiro atoms. The minimum absolute atomic E-state index is 0.275. The van der Waals surface area contributed by atoms with Gasteiger partial charge in [0, 0.05) is 36.5 Å². The molecule has 0 amide bonds. The number of carbonyl (C=O) groups is 6. The van der Waals surface area contributed by atoms with Gasteiger partial charge in [0.15, 0.2) is 23.0 Å². The zero-order valence-electron chi connectivity index (χ0n) is 34.3. The molecule has 4 aromatic rings. The number of ether oxygens (including phenoxy) is 6. The van der Waals surface area contributed by atoms with Crippen molar-refractivity contribution in [2.75, 3.05) is 0 Å². The first-order valence-electron chi connectivity index (χ1n) is 19.1. The SMILES string of the molecule is CC=CC(=O)Oc1cc(C2(c3cc(OC(=O)C=CC)c(OC(=O)C=CC)c(OC(=O)C=CC)c3)c3ccccc3-c3ccccc32)cc(OC(=O)C=CC)c1OC(=O)C=CC. The van der Waals surface area contributed by atoms with Gasteiger partial charge in [0.25, 0.3) is 0 Å². The Balaban J connectivity index is 2.03. The van der Waals surface area contributed by atoms with Crippen molar-refractivity contribution in [2.45, 2.75) is 47.0 Å². The van der Waals surface area contributed by atoms with E-state index in [2.05, 4.69) is 0 Å². The van der Waals surface area contributed by atoms with Crippen molar-refractivity contribution >= 4 is 35.8 Å². The maximum Gasteiger partial charge on any atom is 0.336 e. The van der Waals surface area contributed by atoms with Gasteiger partial charge in [-0.05, 0) is 99.2 Å². The van der Waals surface area contributed by atoms with E-state index >= 15 is 0 Å². The van der Waals surface area contributed by atoms with Crippen molar-refractivity contribution in [1.82, 2.24) is 0 Å². The van der Waals surface area contributed by atoms with Crippen LogP contribution in [0.3, 0.4) is 0 Å². The molecule has 0 aromatic heterocycles. The van der Waals surface area contributed by atoms with Crippen LogP contribution >= 0.6 is 0 Å². The number of fused-ring (bicyclic) bond motifs is 3. The highest BCUT2D eigenvalue weighted by Crippen LogP contribution is 2.59. The van der Waals surface area contributed by atoms with Crippen LogP contribution in [0.2, 0.25) is 0 Å². The molecular weight excluding hydrogens is 781 g/mol. The molecule has 0 radical (unpaired) electrons. The molecule has 0 bridgehead atoms. The molecule has 4 aromatic carbocycles. The topological polar surface area (TPSA) is 158 Å². The van der Waals surface area contributed by atoms with E-state index in [1.807, 2.05) is 36.4 Å². The van der Waals surface area contributed by atoms with Gasteiger partial charge in [-0.2, -0.15) is 0 Å². The average Bonchev–Trinajstić information content (AvgIpc) is 3.52. The van der Waals surface area contributed by atoms with Crippen LogP contribution in [-0.2, 0) is 34.2 Å². The zero-order chi connectivity index (χ0) is 44.1. The normalized spacial score (nSPS) is 12.9. The number of hydrogen-bond donors (Lipinski definition) is 0. The van der Waals surface area contributed by atoms with Crippen LogP contribution < -0.4 is 28.4 Å². The smallest absolute Gasteiger partial charge is 0.336 e. The molecule has 0 unspecified atom stereocenters. The quantitative estimate of drug-likeness (QED) is 0.0596. The number of esters is 6. The fourth-order valence-electron chi connectivity index (χ4n) is 6.77. The van der Waals surface area contributed by atoms with E-state index in [9.17, 15) is 28.8 Å². The van der Waals surface area contributed by atoms with E-state index < -0.39 is 41.2 Å². The van der Waals surface area contributed by atoms with Crippen molar-refractivity contribution in [3.63, 3.8) is 0 Å². The second-order valence-corrected chi connectivity index (χ2v) is 13.0. The molecule has 0 aliphatic heterocycles. The van der Waals surface area contributed by atoms with Gasteiger partial charge >= 0.3 is 35.8 Å². The summed E-state index contributed by atoms with van der Waals surface area (Å²) in [5.41, 5.74) is 1.77. The third kappa shape index (κ3) is 9.72. The van der Waals surface area contributed by atoms with Gasteiger partial charge in [-0.15, -0.1) is 0 Å². The molecule has 0 N–H and O–H groups in total. The maximum atomic E-state index is 13.2. The molecule has 12 nitrogen and oxygen atoms in total. The van der Waals surface area contributed by atoms with Gasteiger partial charge in [0.2, 0.25) is 11.5 Å². The van der Waals surface area contributed by atoms with E-state index in [1.54, 1.807) is 53.7 Å². The summed E-state index contributed by atoms with van der Waals surface area (Å²) in [6.07, 6.45) is 15.5. The number of carbonyl (C=O) groups excluding carboxylic acids is 6. The molecule has 0 saturated carbocycles. The third-order valence-electron chi connectivity index (χ3n) is 8.92. The van der Waals surface area contributed by atoms with Crippen molar-refractivity contribution in [3.05, 3.63) is 168 Å². The lowest BCUT2D eigenvalue weighted by atomic mass is 9.67. The summed E-state index contributed by atoms with van der Waals surface area (Å²) in [5, 5.41) is 0. The Morgan fingerprint density at radius 3 is 0.885 bits per heavy atom. The van der Waals surface area contributed by atoms with E-state index in [4.69, 9.17) is 28.4 Å². The van der Waals surface area contributed by atoms with Crippen LogP contribution in [-0.4, -0.2) is 35.8 Å². The molecule has 0 saturated heterocycles. The Morgan fingerprint density at radius 1 is 0.377 bits per heavy atom. The number of hydrogen-bond acceptors (Lipinski definition) is 12. The fraction of sp³-hybridized carbons (Fsp3) is 0.143. The van der Waals surface area contributed by atoms with Crippen molar-refractivity contribution in [3.8, 4) is 45.6 Å². The summed E-state index contributed by atoms with van der Waals surface area (Å²) in [6, 6.07) is 20.7. The van der Waals surface area contributed by atoms with E-state index in [0.29, 0.717) is 11.1 Å². The van der Waals surface area contributed by atoms with Crippen LogP contribution in [0.25, 0.3) is 11.1 Å². The highest BCUT2D eigenvalue weighted by atomic mass is 16.6.